The summed E-state index contributed by atoms with van der Waals surface area (Å²) in [4.78, 5) is 12.7. The molecule has 0 N–H and O–H groups in total. The van der Waals surface area contributed by atoms with Gasteiger partial charge in [-0.05, 0) is 35.2 Å². The summed E-state index contributed by atoms with van der Waals surface area (Å²) in [7, 11) is 1.64. The predicted octanol–water partition coefficient (Wildman–Crippen LogP) is 5.41. The maximum atomic E-state index is 12.7. The van der Waals surface area contributed by atoms with Crippen LogP contribution in [0.15, 0.2) is 66.3 Å². The van der Waals surface area contributed by atoms with E-state index in [0.717, 1.165) is 17.1 Å². The van der Waals surface area contributed by atoms with Crippen molar-refractivity contribution in [2.45, 2.75) is 37.9 Å². The number of thioether (sulfide) groups is 1. The molecule has 0 radical (unpaired) electrons. The number of ketones is 1. The highest BCUT2D eigenvalue weighted by Crippen LogP contribution is 2.27. The Bertz CT molecular complexity index is 1020. The standard InChI is InChI=1S/C24H27N3O2S/c1-6-15-27-22(18-9-13-20(29-5)14-10-18)25-26-23(27)30-16-21(28)17-7-11-19(12-8-17)24(2,3)4/h6-14H,1,15-16H2,2-5H3. The second-order valence-electron chi connectivity index (χ2n) is 7.97. The maximum Gasteiger partial charge on any atom is 0.192 e. The van der Waals surface area contributed by atoms with Gasteiger partial charge in [0.1, 0.15) is 5.75 Å². The van der Waals surface area contributed by atoms with Crippen LogP contribution >= 0.6 is 11.8 Å². The average Bonchev–Trinajstić information content (AvgIpc) is 3.14. The normalized spacial score (nSPS) is 11.3. The fourth-order valence-electron chi connectivity index (χ4n) is 3.01. The lowest BCUT2D eigenvalue weighted by atomic mass is 9.86. The first-order valence-electron chi connectivity index (χ1n) is 9.78. The largest absolute Gasteiger partial charge is 0.497 e. The van der Waals surface area contributed by atoms with Gasteiger partial charge in [-0.2, -0.15) is 0 Å². The highest BCUT2D eigenvalue weighted by Gasteiger charge is 2.17. The first-order chi connectivity index (χ1) is 14.3. The van der Waals surface area contributed by atoms with Crippen LogP contribution in [-0.2, 0) is 12.0 Å². The number of rotatable bonds is 8. The van der Waals surface area contributed by atoms with E-state index in [-0.39, 0.29) is 11.2 Å². The monoisotopic (exact) mass is 421 g/mol. The fraction of sp³-hybridized carbons (Fsp3) is 0.292. The van der Waals surface area contributed by atoms with Crippen molar-refractivity contribution >= 4 is 17.5 Å². The zero-order valence-electron chi connectivity index (χ0n) is 17.9. The number of ether oxygens (including phenoxy) is 1. The van der Waals surface area contributed by atoms with Crippen LogP contribution < -0.4 is 4.74 Å². The molecule has 0 spiro atoms. The van der Waals surface area contributed by atoms with Gasteiger partial charge in [0, 0.05) is 17.7 Å². The summed E-state index contributed by atoms with van der Waals surface area (Å²) in [5, 5.41) is 9.35. The number of methoxy groups -OCH3 is 1. The van der Waals surface area contributed by atoms with Crippen molar-refractivity contribution in [2.75, 3.05) is 12.9 Å². The van der Waals surface area contributed by atoms with Crippen molar-refractivity contribution in [2.24, 2.45) is 0 Å². The molecule has 0 aliphatic carbocycles. The topological polar surface area (TPSA) is 57.0 Å². The Hall–Kier alpha value is -2.86. The Kier molecular flexibility index (Phi) is 6.77. The van der Waals surface area contributed by atoms with Crippen LogP contribution in [0.1, 0.15) is 36.7 Å². The Morgan fingerprint density at radius 1 is 1.10 bits per heavy atom. The zero-order chi connectivity index (χ0) is 21.7. The van der Waals surface area contributed by atoms with E-state index in [1.807, 2.05) is 53.1 Å². The second kappa shape index (κ2) is 9.30. The molecule has 3 aromatic rings. The number of carbonyl (C=O) groups excluding carboxylic acids is 1. The molecule has 2 aromatic carbocycles. The molecule has 1 heterocycles. The number of carbonyl (C=O) groups is 1. The molecule has 0 saturated heterocycles. The van der Waals surface area contributed by atoms with Gasteiger partial charge in [-0.15, -0.1) is 16.8 Å². The van der Waals surface area contributed by atoms with Crippen LogP contribution in [0.5, 0.6) is 5.75 Å². The lowest BCUT2D eigenvalue weighted by Crippen LogP contribution is -2.11. The van der Waals surface area contributed by atoms with E-state index in [1.54, 1.807) is 13.2 Å². The van der Waals surface area contributed by atoms with Gasteiger partial charge in [-0.3, -0.25) is 9.36 Å². The summed E-state index contributed by atoms with van der Waals surface area (Å²) in [6.45, 7) is 10.9. The number of nitrogens with zero attached hydrogens (tertiary/aromatic N) is 3. The van der Waals surface area contributed by atoms with Crippen molar-refractivity contribution < 1.29 is 9.53 Å². The molecule has 0 bridgehead atoms. The van der Waals surface area contributed by atoms with Crippen LogP contribution in [0.4, 0.5) is 0 Å². The van der Waals surface area contributed by atoms with Crippen molar-refractivity contribution in [3.8, 4) is 17.1 Å². The molecule has 0 aliphatic rings. The minimum Gasteiger partial charge on any atom is -0.497 e. The minimum absolute atomic E-state index is 0.0648. The Morgan fingerprint density at radius 2 is 1.77 bits per heavy atom. The molecule has 30 heavy (non-hydrogen) atoms. The van der Waals surface area contributed by atoms with Gasteiger partial charge in [0.05, 0.1) is 12.9 Å². The van der Waals surface area contributed by atoms with Gasteiger partial charge in [-0.25, -0.2) is 0 Å². The molecule has 0 atom stereocenters. The van der Waals surface area contributed by atoms with E-state index in [9.17, 15) is 4.79 Å². The van der Waals surface area contributed by atoms with E-state index >= 15 is 0 Å². The third kappa shape index (κ3) is 5.00. The Morgan fingerprint density at radius 3 is 2.33 bits per heavy atom. The smallest absolute Gasteiger partial charge is 0.192 e. The van der Waals surface area contributed by atoms with Crippen LogP contribution in [-0.4, -0.2) is 33.4 Å². The van der Waals surface area contributed by atoms with Crippen LogP contribution in [0.2, 0.25) is 0 Å². The summed E-state index contributed by atoms with van der Waals surface area (Å²) >= 11 is 1.39. The van der Waals surface area contributed by atoms with Gasteiger partial charge in [-0.1, -0.05) is 62.9 Å². The summed E-state index contributed by atoms with van der Waals surface area (Å²) in [6, 6.07) is 15.5. The van der Waals surface area contributed by atoms with Gasteiger partial charge < -0.3 is 4.74 Å². The van der Waals surface area contributed by atoms with Crippen LogP contribution in [0.25, 0.3) is 11.4 Å². The molecule has 0 saturated carbocycles. The molecule has 0 amide bonds. The molecule has 0 aliphatic heterocycles. The number of hydrogen-bond acceptors (Lipinski definition) is 5. The number of hydrogen-bond donors (Lipinski definition) is 0. The average molecular weight is 422 g/mol. The minimum atomic E-state index is 0.0648. The van der Waals surface area contributed by atoms with Gasteiger partial charge in [0.2, 0.25) is 0 Å². The second-order valence-corrected chi connectivity index (χ2v) is 8.92. The summed E-state index contributed by atoms with van der Waals surface area (Å²) in [5.74, 6) is 1.89. The number of benzene rings is 2. The van der Waals surface area contributed by atoms with Gasteiger partial charge >= 0.3 is 0 Å². The Balaban J connectivity index is 1.75. The van der Waals surface area contributed by atoms with Crippen molar-refractivity contribution in [3.05, 3.63) is 72.3 Å². The first kappa shape index (κ1) is 21.8. The lowest BCUT2D eigenvalue weighted by Gasteiger charge is -2.18. The van der Waals surface area contributed by atoms with Gasteiger partial charge in [0.15, 0.2) is 16.8 Å². The lowest BCUT2D eigenvalue weighted by molar-refractivity contribution is 0.102. The molecule has 156 valence electrons. The highest BCUT2D eigenvalue weighted by molar-refractivity contribution is 7.99. The molecule has 5 nitrogen and oxygen atoms in total. The number of Topliss-reactive ketones (excluding diaryl/α,β-unsaturated/α-hetero) is 1. The quantitative estimate of drug-likeness (QED) is 0.276. The van der Waals surface area contributed by atoms with Crippen LogP contribution in [0, 0.1) is 0 Å². The van der Waals surface area contributed by atoms with Gasteiger partial charge in [0.25, 0.3) is 0 Å². The van der Waals surface area contributed by atoms with E-state index < -0.39 is 0 Å². The third-order valence-corrected chi connectivity index (χ3v) is 5.75. The number of allylic oxidation sites excluding steroid dienone is 1. The van der Waals surface area contributed by atoms with E-state index in [2.05, 4.69) is 37.5 Å². The predicted molar refractivity (Wildman–Crippen MR) is 122 cm³/mol. The van der Waals surface area contributed by atoms with Crippen molar-refractivity contribution in [1.82, 2.24) is 14.8 Å². The highest BCUT2D eigenvalue weighted by atomic mass is 32.2. The molecule has 3 rings (SSSR count). The molecule has 0 unspecified atom stereocenters. The molecule has 6 heteroatoms. The van der Waals surface area contributed by atoms with Crippen molar-refractivity contribution in [3.63, 3.8) is 0 Å². The maximum absolute atomic E-state index is 12.7. The number of aromatic nitrogens is 3. The molecular weight excluding hydrogens is 394 g/mol. The van der Waals surface area contributed by atoms with E-state index in [4.69, 9.17) is 4.74 Å². The van der Waals surface area contributed by atoms with Crippen LogP contribution in [0.3, 0.4) is 0 Å². The van der Waals surface area contributed by atoms with E-state index in [1.165, 1.54) is 17.3 Å². The molecule has 1 aromatic heterocycles. The first-order valence-corrected chi connectivity index (χ1v) is 10.8. The van der Waals surface area contributed by atoms with E-state index in [0.29, 0.717) is 23.0 Å². The molecular formula is C24H27N3O2S. The molecule has 0 fully saturated rings. The van der Waals surface area contributed by atoms with Crippen molar-refractivity contribution in [1.29, 1.82) is 0 Å². The zero-order valence-corrected chi connectivity index (χ0v) is 18.7. The fourth-order valence-corrected chi connectivity index (χ4v) is 3.85. The third-order valence-electron chi connectivity index (χ3n) is 4.78. The summed E-state index contributed by atoms with van der Waals surface area (Å²) in [5.41, 5.74) is 2.92. The summed E-state index contributed by atoms with van der Waals surface area (Å²) < 4.78 is 7.19. The SMILES string of the molecule is C=CCn1c(SCC(=O)c2ccc(C(C)(C)C)cc2)nnc1-c1ccc(OC)cc1. The Labute approximate surface area is 182 Å². The summed E-state index contributed by atoms with van der Waals surface area (Å²) in [6.07, 6.45) is 1.80.